The fourth-order valence-electron chi connectivity index (χ4n) is 2.35. The Labute approximate surface area is 97.0 Å². The molecule has 4 nitrogen and oxygen atoms in total. The van der Waals surface area contributed by atoms with Gasteiger partial charge in [-0.1, -0.05) is 0 Å². The molecular formula is C12H22N2O2. The van der Waals surface area contributed by atoms with Crippen LogP contribution in [0.4, 0.5) is 0 Å². The number of hydrogen-bond acceptors (Lipinski definition) is 3. The van der Waals surface area contributed by atoms with E-state index < -0.39 is 5.97 Å². The molecule has 0 saturated heterocycles. The number of rotatable bonds is 6. The maximum Gasteiger partial charge on any atom is 0.308 e. The molecule has 0 aromatic rings. The van der Waals surface area contributed by atoms with Crippen molar-refractivity contribution in [3.63, 3.8) is 0 Å². The van der Waals surface area contributed by atoms with Gasteiger partial charge in [-0.2, -0.15) is 0 Å². The second kappa shape index (κ2) is 4.72. The molecule has 0 heterocycles. The average Bonchev–Trinajstić information content (AvgIpc) is 2.96. The molecule has 2 aliphatic carbocycles. The van der Waals surface area contributed by atoms with Crippen molar-refractivity contribution in [3.05, 3.63) is 0 Å². The van der Waals surface area contributed by atoms with Crippen molar-refractivity contribution in [2.75, 3.05) is 13.6 Å². The lowest BCUT2D eigenvalue weighted by atomic mass is 9.79. The number of aliphatic carboxylic acids is 1. The highest BCUT2D eigenvalue weighted by molar-refractivity contribution is 5.72. The van der Waals surface area contributed by atoms with Crippen molar-refractivity contribution in [3.8, 4) is 0 Å². The number of nitrogens with zero attached hydrogens (tertiary/aromatic N) is 1. The van der Waals surface area contributed by atoms with Crippen molar-refractivity contribution in [2.24, 2.45) is 5.92 Å². The summed E-state index contributed by atoms with van der Waals surface area (Å²) < 4.78 is 0. The summed E-state index contributed by atoms with van der Waals surface area (Å²) in [5.74, 6) is -0.801. The van der Waals surface area contributed by atoms with Gasteiger partial charge in [0.05, 0.1) is 5.92 Å². The number of hydrogen-bond donors (Lipinski definition) is 2. The van der Waals surface area contributed by atoms with Crippen LogP contribution in [0.2, 0.25) is 0 Å². The Bertz CT molecular complexity index is 266. The topological polar surface area (TPSA) is 52.6 Å². The van der Waals surface area contributed by atoms with Gasteiger partial charge < -0.3 is 10.4 Å². The average molecular weight is 226 g/mol. The maximum atomic E-state index is 10.8. The first kappa shape index (κ1) is 11.9. The van der Waals surface area contributed by atoms with Crippen LogP contribution in [0.15, 0.2) is 0 Å². The van der Waals surface area contributed by atoms with Crippen LogP contribution in [-0.2, 0) is 4.79 Å². The zero-order valence-electron chi connectivity index (χ0n) is 10.1. The summed E-state index contributed by atoms with van der Waals surface area (Å²) in [5, 5.41) is 12.3. The first-order chi connectivity index (χ1) is 7.59. The third kappa shape index (κ3) is 2.55. The molecule has 3 unspecified atom stereocenters. The molecule has 92 valence electrons. The van der Waals surface area contributed by atoms with E-state index in [-0.39, 0.29) is 12.0 Å². The summed E-state index contributed by atoms with van der Waals surface area (Å²) in [4.78, 5) is 13.2. The highest BCUT2D eigenvalue weighted by Crippen LogP contribution is 2.29. The van der Waals surface area contributed by atoms with Crippen LogP contribution in [0.3, 0.4) is 0 Å². The van der Waals surface area contributed by atoms with Crippen molar-refractivity contribution in [1.82, 2.24) is 10.2 Å². The van der Waals surface area contributed by atoms with Gasteiger partial charge in [-0.25, -0.2) is 0 Å². The molecule has 2 N–H and O–H groups in total. The Morgan fingerprint density at radius 1 is 1.44 bits per heavy atom. The van der Waals surface area contributed by atoms with Gasteiger partial charge in [-0.3, -0.25) is 9.69 Å². The van der Waals surface area contributed by atoms with Crippen LogP contribution in [0, 0.1) is 5.92 Å². The summed E-state index contributed by atoms with van der Waals surface area (Å²) in [7, 11) is 2.17. The summed E-state index contributed by atoms with van der Waals surface area (Å²) in [6.07, 6.45) is 4.49. The third-order valence-electron chi connectivity index (χ3n) is 4.09. The molecule has 0 aromatic carbocycles. The molecule has 0 radical (unpaired) electrons. The van der Waals surface area contributed by atoms with Crippen LogP contribution < -0.4 is 5.32 Å². The Morgan fingerprint density at radius 2 is 2.12 bits per heavy atom. The van der Waals surface area contributed by atoms with E-state index >= 15 is 0 Å². The number of nitrogens with one attached hydrogen (secondary N) is 1. The molecule has 2 saturated carbocycles. The monoisotopic (exact) mass is 226 g/mol. The van der Waals surface area contributed by atoms with E-state index in [9.17, 15) is 4.79 Å². The van der Waals surface area contributed by atoms with E-state index in [1.54, 1.807) is 0 Å². The SMILES string of the molecule is CC(CNC1CCC1C(=O)O)N(C)C1CC1. The molecule has 2 aliphatic rings. The molecule has 0 spiro atoms. The largest absolute Gasteiger partial charge is 0.481 e. The highest BCUT2D eigenvalue weighted by atomic mass is 16.4. The minimum atomic E-state index is -0.646. The minimum absolute atomic E-state index is 0.154. The molecule has 2 rings (SSSR count). The smallest absolute Gasteiger partial charge is 0.308 e. The predicted octanol–water partition coefficient (Wildman–Crippen LogP) is 0.922. The molecule has 0 bridgehead atoms. The van der Waals surface area contributed by atoms with Crippen LogP contribution in [0.25, 0.3) is 0 Å². The molecule has 0 amide bonds. The lowest BCUT2D eigenvalue weighted by Gasteiger charge is -2.36. The number of carboxylic acids is 1. The van der Waals surface area contributed by atoms with E-state index in [0.717, 1.165) is 25.4 Å². The van der Waals surface area contributed by atoms with Gasteiger partial charge >= 0.3 is 5.97 Å². The van der Waals surface area contributed by atoms with Crippen molar-refractivity contribution in [1.29, 1.82) is 0 Å². The van der Waals surface area contributed by atoms with Gasteiger partial charge in [0.25, 0.3) is 0 Å². The summed E-state index contributed by atoms with van der Waals surface area (Å²) in [6, 6.07) is 1.48. The summed E-state index contributed by atoms with van der Waals surface area (Å²) in [6.45, 7) is 3.11. The standard InChI is InChI=1S/C12H22N2O2/c1-8(14(2)9-3-4-9)7-13-11-6-5-10(11)12(15)16/h8-11,13H,3-7H2,1-2H3,(H,15,16). The summed E-state index contributed by atoms with van der Waals surface area (Å²) >= 11 is 0. The van der Waals surface area contributed by atoms with E-state index in [4.69, 9.17) is 5.11 Å². The Morgan fingerprint density at radius 3 is 2.56 bits per heavy atom. The molecule has 4 heteroatoms. The van der Waals surface area contributed by atoms with Crippen molar-refractivity contribution >= 4 is 5.97 Å². The second-order valence-electron chi connectivity index (χ2n) is 5.28. The zero-order chi connectivity index (χ0) is 11.7. The summed E-state index contributed by atoms with van der Waals surface area (Å²) in [5.41, 5.74) is 0. The van der Waals surface area contributed by atoms with Crippen LogP contribution in [0.5, 0.6) is 0 Å². The second-order valence-corrected chi connectivity index (χ2v) is 5.28. The predicted molar refractivity (Wildman–Crippen MR) is 62.4 cm³/mol. The van der Waals surface area contributed by atoms with Gasteiger partial charge in [0, 0.05) is 24.7 Å². The number of carboxylic acid groups (broad SMARTS) is 1. The Balaban J connectivity index is 1.68. The normalized spacial score (nSPS) is 31.2. The highest BCUT2D eigenvalue weighted by Gasteiger charge is 2.37. The fourth-order valence-corrected chi connectivity index (χ4v) is 2.35. The van der Waals surface area contributed by atoms with Crippen LogP contribution in [0.1, 0.15) is 32.6 Å². The van der Waals surface area contributed by atoms with Gasteiger partial charge in [0.15, 0.2) is 0 Å². The van der Waals surface area contributed by atoms with Crippen LogP contribution >= 0.6 is 0 Å². The van der Waals surface area contributed by atoms with E-state index in [0.29, 0.717) is 6.04 Å². The Hall–Kier alpha value is -0.610. The van der Waals surface area contributed by atoms with Crippen LogP contribution in [-0.4, -0.2) is 47.7 Å². The minimum Gasteiger partial charge on any atom is -0.481 e. The molecule has 16 heavy (non-hydrogen) atoms. The lowest BCUT2D eigenvalue weighted by Crippen LogP contribution is -2.51. The van der Waals surface area contributed by atoms with Crippen molar-refractivity contribution in [2.45, 2.75) is 50.7 Å². The fraction of sp³-hybridized carbons (Fsp3) is 0.917. The number of likely N-dealkylation sites (N-methyl/N-ethyl adjacent to an activating group) is 1. The Kier molecular flexibility index (Phi) is 3.50. The maximum absolute atomic E-state index is 10.8. The molecular weight excluding hydrogens is 204 g/mol. The van der Waals surface area contributed by atoms with E-state index in [1.165, 1.54) is 12.8 Å². The quantitative estimate of drug-likeness (QED) is 0.707. The van der Waals surface area contributed by atoms with Crippen molar-refractivity contribution < 1.29 is 9.90 Å². The molecule has 0 aromatic heterocycles. The lowest BCUT2D eigenvalue weighted by molar-refractivity contribution is -0.146. The number of carbonyl (C=O) groups is 1. The van der Waals surface area contributed by atoms with E-state index in [2.05, 4.69) is 24.2 Å². The first-order valence-electron chi connectivity index (χ1n) is 6.27. The van der Waals surface area contributed by atoms with E-state index in [1.807, 2.05) is 0 Å². The molecule has 3 atom stereocenters. The first-order valence-corrected chi connectivity index (χ1v) is 6.27. The van der Waals surface area contributed by atoms with Gasteiger partial charge in [0.1, 0.15) is 0 Å². The van der Waals surface area contributed by atoms with Gasteiger partial charge in [-0.05, 0) is 39.7 Å². The van der Waals surface area contributed by atoms with Gasteiger partial charge in [0.2, 0.25) is 0 Å². The van der Waals surface area contributed by atoms with Gasteiger partial charge in [-0.15, -0.1) is 0 Å². The zero-order valence-corrected chi connectivity index (χ0v) is 10.1. The third-order valence-corrected chi connectivity index (χ3v) is 4.09. The molecule has 2 fully saturated rings. The molecule has 0 aliphatic heterocycles.